The number of hydrogen-bond acceptors (Lipinski definition) is 5. The molecule has 1 aromatic heterocycles. The number of amides is 2. The Bertz CT molecular complexity index is 395. The van der Waals surface area contributed by atoms with Crippen molar-refractivity contribution in [3.05, 3.63) is 24.2 Å². The molecule has 1 heterocycles. The van der Waals surface area contributed by atoms with Gasteiger partial charge < -0.3 is 9.15 Å². The van der Waals surface area contributed by atoms with Crippen molar-refractivity contribution < 1.29 is 18.7 Å². The number of alkyl carbamates (subject to hydrolysis) is 1. The minimum atomic E-state index is -0.717. The van der Waals surface area contributed by atoms with E-state index in [9.17, 15) is 9.59 Å². The third-order valence-electron chi connectivity index (χ3n) is 1.70. The number of imide groups is 1. The van der Waals surface area contributed by atoms with Gasteiger partial charge in [0.1, 0.15) is 11.4 Å². The summed E-state index contributed by atoms with van der Waals surface area (Å²) < 4.78 is 10.1. The lowest BCUT2D eigenvalue weighted by atomic mass is 10.2. The first-order valence-electron chi connectivity index (χ1n) is 5.50. The summed E-state index contributed by atoms with van der Waals surface area (Å²) >= 11 is 1.37. The van der Waals surface area contributed by atoms with E-state index in [2.05, 4.69) is 5.32 Å². The maximum Gasteiger partial charge on any atom is 0.414 e. The van der Waals surface area contributed by atoms with Crippen LogP contribution in [-0.2, 0) is 15.3 Å². The van der Waals surface area contributed by atoms with E-state index in [4.69, 9.17) is 9.15 Å². The number of rotatable bonds is 4. The quantitative estimate of drug-likeness (QED) is 0.911. The third-order valence-corrected chi connectivity index (χ3v) is 2.65. The molecular weight excluding hydrogens is 254 g/mol. The number of ether oxygens (including phenoxy) is 1. The van der Waals surface area contributed by atoms with Crippen LogP contribution in [0.1, 0.15) is 26.5 Å². The van der Waals surface area contributed by atoms with Gasteiger partial charge in [0.2, 0.25) is 5.91 Å². The second kappa shape index (κ2) is 6.49. The molecule has 0 aliphatic rings. The van der Waals surface area contributed by atoms with Gasteiger partial charge in [-0.1, -0.05) is 0 Å². The highest BCUT2D eigenvalue weighted by atomic mass is 32.2. The SMILES string of the molecule is CC(C)(C)OC(=O)NC(=O)CSCc1ccco1. The highest BCUT2D eigenvalue weighted by molar-refractivity contribution is 7.99. The number of carbonyl (C=O) groups is 2. The zero-order valence-corrected chi connectivity index (χ0v) is 11.5. The Hall–Kier alpha value is -1.43. The van der Waals surface area contributed by atoms with E-state index in [0.29, 0.717) is 5.75 Å². The summed E-state index contributed by atoms with van der Waals surface area (Å²) in [6.45, 7) is 5.22. The lowest BCUT2D eigenvalue weighted by molar-refractivity contribution is -0.118. The molecule has 5 nitrogen and oxygen atoms in total. The largest absolute Gasteiger partial charge is 0.468 e. The van der Waals surface area contributed by atoms with Crippen molar-refractivity contribution in [2.75, 3.05) is 5.75 Å². The minimum Gasteiger partial charge on any atom is -0.468 e. The molecule has 6 heteroatoms. The van der Waals surface area contributed by atoms with Gasteiger partial charge in [-0.3, -0.25) is 10.1 Å². The number of hydrogen-bond donors (Lipinski definition) is 1. The van der Waals surface area contributed by atoms with Gasteiger partial charge in [-0.05, 0) is 32.9 Å². The molecule has 2 amide bonds. The topological polar surface area (TPSA) is 68.5 Å². The molecule has 1 aromatic rings. The average Bonchev–Trinajstić information content (AvgIpc) is 2.66. The Morgan fingerprint density at radius 3 is 2.72 bits per heavy atom. The fourth-order valence-electron chi connectivity index (χ4n) is 1.09. The van der Waals surface area contributed by atoms with E-state index in [1.165, 1.54) is 11.8 Å². The molecule has 0 unspecified atom stereocenters. The monoisotopic (exact) mass is 271 g/mol. The summed E-state index contributed by atoms with van der Waals surface area (Å²) in [5.74, 6) is 1.19. The molecule has 0 bridgehead atoms. The van der Waals surface area contributed by atoms with Gasteiger partial charge in [0.25, 0.3) is 0 Å². The Balaban J connectivity index is 2.19. The van der Waals surface area contributed by atoms with Gasteiger partial charge in [0.05, 0.1) is 17.8 Å². The summed E-state index contributed by atoms with van der Waals surface area (Å²) in [5, 5.41) is 2.17. The second-order valence-corrected chi connectivity index (χ2v) is 5.61. The van der Waals surface area contributed by atoms with Crippen molar-refractivity contribution in [3.8, 4) is 0 Å². The van der Waals surface area contributed by atoms with Crippen LogP contribution in [-0.4, -0.2) is 23.4 Å². The first-order valence-corrected chi connectivity index (χ1v) is 6.65. The Morgan fingerprint density at radius 1 is 1.44 bits per heavy atom. The first-order chi connectivity index (χ1) is 8.37. The standard InChI is InChI=1S/C12H17NO4S/c1-12(2,3)17-11(15)13-10(14)8-18-7-9-5-4-6-16-9/h4-6H,7-8H2,1-3H3,(H,13,14,15). The lowest BCUT2D eigenvalue weighted by Gasteiger charge is -2.19. The van der Waals surface area contributed by atoms with Crippen LogP contribution >= 0.6 is 11.8 Å². The number of carbonyl (C=O) groups excluding carboxylic acids is 2. The minimum absolute atomic E-state index is 0.180. The molecule has 0 radical (unpaired) electrons. The van der Waals surface area contributed by atoms with E-state index >= 15 is 0 Å². The maximum atomic E-state index is 11.4. The zero-order valence-electron chi connectivity index (χ0n) is 10.7. The molecule has 0 atom stereocenters. The van der Waals surface area contributed by atoms with Gasteiger partial charge in [-0.15, -0.1) is 11.8 Å². The molecule has 18 heavy (non-hydrogen) atoms. The molecule has 0 aromatic carbocycles. The van der Waals surface area contributed by atoms with E-state index in [1.54, 1.807) is 33.1 Å². The van der Waals surface area contributed by atoms with Crippen LogP contribution < -0.4 is 5.32 Å². The van der Waals surface area contributed by atoms with E-state index < -0.39 is 11.7 Å². The van der Waals surface area contributed by atoms with Crippen molar-refractivity contribution in [1.82, 2.24) is 5.32 Å². The predicted molar refractivity (Wildman–Crippen MR) is 69.2 cm³/mol. The molecule has 100 valence electrons. The van der Waals surface area contributed by atoms with Crippen LogP contribution in [0.2, 0.25) is 0 Å². The van der Waals surface area contributed by atoms with Crippen molar-refractivity contribution in [1.29, 1.82) is 0 Å². The average molecular weight is 271 g/mol. The summed E-state index contributed by atoms with van der Waals surface area (Å²) in [7, 11) is 0. The molecular formula is C12H17NO4S. The van der Waals surface area contributed by atoms with Gasteiger partial charge in [0, 0.05) is 0 Å². The second-order valence-electron chi connectivity index (χ2n) is 4.62. The van der Waals surface area contributed by atoms with E-state index in [1.807, 2.05) is 6.07 Å². The van der Waals surface area contributed by atoms with Gasteiger partial charge in [-0.2, -0.15) is 0 Å². The molecule has 0 fully saturated rings. The number of furan rings is 1. The molecule has 0 aliphatic carbocycles. The first kappa shape index (κ1) is 14.6. The molecule has 1 rings (SSSR count). The fourth-order valence-corrected chi connectivity index (χ4v) is 1.82. The summed E-state index contributed by atoms with van der Waals surface area (Å²) in [4.78, 5) is 22.7. The molecule has 0 saturated heterocycles. The van der Waals surface area contributed by atoms with Crippen LogP contribution in [0, 0.1) is 0 Å². The van der Waals surface area contributed by atoms with Gasteiger partial charge >= 0.3 is 6.09 Å². The van der Waals surface area contributed by atoms with Crippen molar-refractivity contribution >= 4 is 23.8 Å². The lowest BCUT2D eigenvalue weighted by Crippen LogP contribution is -2.37. The van der Waals surface area contributed by atoms with Crippen LogP contribution in [0.25, 0.3) is 0 Å². The van der Waals surface area contributed by atoms with Gasteiger partial charge in [-0.25, -0.2) is 4.79 Å². The van der Waals surface area contributed by atoms with Crippen molar-refractivity contribution in [2.24, 2.45) is 0 Å². The number of thioether (sulfide) groups is 1. The van der Waals surface area contributed by atoms with Crippen LogP contribution in [0.5, 0.6) is 0 Å². The Morgan fingerprint density at radius 2 is 2.17 bits per heavy atom. The van der Waals surface area contributed by atoms with Gasteiger partial charge in [0.15, 0.2) is 0 Å². The summed E-state index contributed by atoms with van der Waals surface area (Å²) in [6.07, 6.45) is 0.863. The van der Waals surface area contributed by atoms with Crippen LogP contribution in [0.4, 0.5) is 4.79 Å². The normalized spacial score (nSPS) is 11.1. The Kier molecular flexibility index (Phi) is 5.27. The van der Waals surface area contributed by atoms with Crippen LogP contribution in [0.3, 0.4) is 0 Å². The maximum absolute atomic E-state index is 11.4. The molecule has 0 saturated carbocycles. The van der Waals surface area contributed by atoms with E-state index in [-0.39, 0.29) is 11.7 Å². The molecule has 0 aliphatic heterocycles. The highest BCUT2D eigenvalue weighted by Crippen LogP contribution is 2.12. The molecule has 0 spiro atoms. The number of nitrogens with one attached hydrogen (secondary N) is 1. The van der Waals surface area contributed by atoms with Crippen molar-refractivity contribution in [2.45, 2.75) is 32.1 Å². The summed E-state index contributed by atoms with van der Waals surface area (Å²) in [5.41, 5.74) is -0.605. The van der Waals surface area contributed by atoms with Crippen molar-refractivity contribution in [3.63, 3.8) is 0 Å². The zero-order chi connectivity index (χ0) is 13.6. The highest BCUT2D eigenvalue weighted by Gasteiger charge is 2.17. The Labute approximate surface area is 110 Å². The smallest absolute Gasteiger partial charge is 0.414 e. The molecule has 1 N–H and O–H groups in total. The fraction of sp³-hybridized carbons (Fsp3) is 0.500. The van der Waals surface area contributed by atoms with Crippen LogP contribution in [0.15, 0.2) is 22.8 Å². The predicted octanol–water partition coefficient (Wildman–Crippen LogP) is 2.56. The third kappa shape index (κ3) is 6.34. The summed E-state index contributed by atoms with van der Waals surface area (Å²) in [6, 6.07) is 3.62. The van der Waals surface area contributed by atoms with E-state index in [0.717, 1.165) is 5.76 Å².